The standard InChI is InChI=1S/C47H89N15O11/c1-7-53-47(73)40(28(6)63)62-44(70)34(16-20-51)58-43(69)33(15-19-50)59-45(71)35(21-26(2)3)61-46(72)36(22-27(4)5)60-42(68)32(14-18-49)57-39(66)25-55-41(67)31(13-17-48)56-38(65)24-54-37(64)23-30(52)29-11-9-8-10-12-29/h26-36,40,63H,7-25,48-52H2,1-6H3,(H,53,73)(H,54,64)(H,55,67)(H,56,65)(H,57,66)(H,58,69)(H,59,71)(H,60,68)(H,61,72)(H,62,70)/t28?,30?,31-,32-,33-,34-,35-,36+,40?/m0/s1. The number of nitrogens with two attached hydrogens (primary N) is 5. The van der Waals surface area contributed by atoms with Crippen LogP contribution in [-0.2, 0) is 47.9 Å². The van der Waals surface area contributed by atoms with Crippen molar-refractivity contribution >= 4 is 59.1 Å². The van der Waals surface area contributed by atoms with Gasteiger partial charge in [-0.2, -0.15) is 0 Å². The molecule has 0 aromatic rings. The summed E-state index contributed by atoms with van der Waals surface area (Å²) in [4.78, 5) is 133. The van der Waals surface area contributed by atoms with Crippen molar-refractivity contribution in [3.63, 3.8) is 0 Å². The fourth-order valence-corrected chi connectivity index (χ4v) is 8.16. The van der Waals surface area contributed by atoms with E-state index in [-0.39, 0.29) is 101 Å². The van der Waals surface area contributed by atoms with Gasteiger partial charge >= 0.3 is 0 Å². The number of carbonyl (C=O) groups is 10. The average molecular weight is 1040 g/mol. The second kappa shape index (κ2) is 35.6. The lowest BCUT2D eigenvalue weighted by molar-refractivity contribution is -0.136. The largest absolute Gasteiger partial charge is 0.391 e. The third kappa shape index (κ3) is 25.8. The van der Waals surface area contributed by atoms with Gasteiger partial charge in [-0.3, -0.25) is 47.9 Å². The Hall–Kier alpha value is -5.54. The van der Waals surface area contributed by atoms with Gasteiger partial charge in [-0.25, -0.2) is 0 Å². The van der Waals surface area contributed by atoms with Gasteiger partial charge < -0.3 is 86.9 Å². The van der Waals surface area contributed by atoms with Crippen molar-refractivity contribution in [1.29, 1.82) is 0 Å². The van der Waals surface area contributed by atoms with Crippen LogP contribution in [0, 0.1) is 17.8 Å². The normalized spacial score (nSPS) is 16.4. The molecule has 1 fully saturated rings. The fraction of sp³-hybridized carbons (Fsp3) is 0.787. The molecule has 0 aromatic heterocycles. The lowest BCUT2D eigenvalue weighted by Crippen LogP contribution is -2.61. The van der Waals surface area contributed by atoms with E-state index in [0.717, 1.165) is 32.1 Å². The molecule has 0 aromatic carbocycles. The van der Waals surface area contributed by atoms with Crippen LogP contribution in [0.4, 0.5) is 0 Å². The molecule has 1 rings (SSSR count). The van der Waals surface area contributed by atoms with Crippen LogP contribution in [-0.4, -0.2) is 164 Å². The Kier molecular flexibility index (Phi) is 31.9. The van der Waals surface area contributed by atoms with Gasteiger partial charge in [-0.1, -0.05) is 47.0 Å². The van der Waals surface area contributed by atoms with E-state index in [1.807, 2.05) is 0 Å². The van der Waals surface area contributed by atoms with Gasteiger partial charge in [0.15, 0.2) is 0 Å². The molecule has 26 nitrogen and oxygen atoms in total. The molecule has 26 heteroatoms. The molecule has 0 radical (unpaired) electrons. The van der Waals surface area contributed by atoms with Crippen LogP contribution >= 0.6 is 0 Å². The molecule has 1 aliphatic carbocycles. The molecule has 1 saturated carbocycles. The summed E-state index contributed by atoms with van der Waals surface area (Å²) in [6.45, 7) is 9.19. The lowest BCUT2D eigenvalue weighted by Gasteiger charge is -2.28. The SMILES string of the molecule is CCNC(=O)C(NC(=O)[C@H](CCN)NC(=O)[C@H](CCN)NC(=O)[C@H](CC(C)C)NC(=O)[C@@H](CC(C)C)NC(=O)[C@H](CCN)NC(=O)CNC(=O)[C@H](CCN)NC(=O)CNC(=O)CC(N)C1CCCCC1)C(C)O. The number of rotatable bonds is 35. The Bertz CT molecular complexity index is 1780. The molecule has 9 atom stereocenters. The Labute approximate surface area is 429 Å². The predicted octanol–water partition coefficient (Wildman–Crippen LogP) is -5.09. The van der Waals surface area contributed by atoms with E-state index in [0.29, 0.717) is 0 Å². The predicted molar refractivity (Wildman–Crippen MR) is 273 cm³/mol. The molecule has 0 bridgehead atoms. The number of carbonyl (C=O) groups excluding carboxylic acids is 10. The molecule has 3 unspecified atom stereocenters. The zero-order valence-electron chi connectivity index (χ0n) is 43.8. The molecule has 0 spiro atoms. The van der Waals surface area contributed by atoms with Crippen LogP contribution < -0.4 is 81.8 Å². The van der Waals surface area contributed by atoms with Crippen LogP contribution in [0.1, 0.15) is 119 Å². The molecule has 0 heterocycles. The number of amides is 10. The highest BCUT2D eigenvalue weighted by Gasteiger charge is 2.35. The highest BCUT2D eigenvalue weighted by Crippen LogP contribution is 2.26. The Morgan fingerprint density at radius 3 is 1.23 bits per heavy atom. The van der Waals surface area contributed by atoms with Gasteiger partial charge in [-0.05, 0) is 109 Å². The Balaban J connectivity index is 3.05. The topological polar surface area (TPSA) is 441 Å². The van der Waals surface area contributed by atoms with E-state index >= 15 is 0 Å². The fourth-order valence-electron chi connectivity index (χ4n) is 8.16. The van der Waals surface area contributed by atoms with Crippen molar-refractivity contribution in [2.24, 2.45) is 46.4 Å². The molecule has 0 saturated heterocycles. The smallest absolute Gasteiger partial charge is 0.245 e. The van der Waals surface area contributed by atoms with Crippen molar-refractivity contribution in [3.05, 3.63) is 0 Å². The van der Waals surface area contributed by atoms with Gasteiger partial charge in [0, 0.05) is 19.0 Å². The van der Waals surface area contributed by atoms with Crippen molar-refractivity contribution in [3.8, 4) is 0 Å². The summed E-state index contributed by atoms with van der Waals surface area (Å²) in [7, 11) is 0. The van der Waals surface area contributed by atoms with Crippen LogP contribution in [0.25, 0.3) is 0 Å². The maximum Gasteiger partial charge on any atom is 0.245 e. The molecule has 21 N–H and O–H groups in total. The maximum atomic E-state index is 14.0. The maximum absolute atomic E-state index is 14.0. The molecule has 1 aliphatic rings. The summed E-state index contributed by atoms with van der Waals surface area (Å²) in [6.07, 6.45) is 3.94. The van der Waals surface area contributed by atoms with E-state index in [2.05, 4.69) is 53.2 Å². The minimum absolute atomic E-state index is 0.000344. The number of likely N-dealkylation sites (N-methyl/N-ethyl adjacent to an activating group) is 1. The summed E-state index contributed by atoms with van der Waals surface area (Å²) in [5, 5.41) is 35.6. The van der Waals surface area contributed by atoms with E-state index in [1.54, 1.807) is 34.6 Å². The number of hydrogen-bond acceptors (Lipinski definition) is 16. The monoisotopic (exact) mass is 1040 g/mol. The first-order chi connectivity index (χ1) is 34.5. The minimum atomic E-state index is -1.34. The highest BCUT2D eigenvalue weighted by molar-refractivity contribution is 5.98. The summed E-state index contributed by atoms with van der Waals surface area (Å²) in [6, 6.07) is -9.11. The molecular formula is C47H89N15O11. The van der Waals surface area contributed by atoms with Crippen LogP contribution in [0.2, 0.25) is 0 Å². The van der Waals surface area contributed by atoms with Gasteiger partial charge in [0.05, 0.1) is 19.2 Å². The molecule has 418 valence electrons. The highest BCUT2D eigenvalue weighted by atomic mass is 16.3. The Morgan fingerprint density at radius 1 is 0.466 bits per heavy atom. The first-order valence-electron chi connectivity index (χ1n) is 25.7. The number of hydrogen-bond donors (Lipinski definition) is 16. The van der Waals surface area contributed by atoms with Crippen LogP contribution in [0.5, 0.6) is 0 Å². The Morgan fingerprint density at radius 2 is 0.836 bits per heavy atom. The summed E-state index contributed by atoms with van der Waals surface area (Å²) in [5.41, 5.74) is 29.3. The zero-order valence-corrected chi connectivity index (χ0v) is 43.8. The third-order valence-electron chi connectivity index (χ3n) is 12.0. The number of aliphatic hydroxyl groups excluding tert-OH is 1. The summed E-state index contributed by atoms with van der Waals surface area (Å²) < 4.78 is 0. The second-order valence-electron chi connectivity index (χ2n) is 19.4. The van der Waals surface area contributed by atoms with E-state index in [1.165, 1.54) is 6.92 Å². The average Bonchev–Trinajstić information content (AvgIpc) is 3.32. The zero-order chi connectivity index (χ0) is 55.2. The first-order valence-corrected chi connectivity index (χ1v) is 25.7. The minimum Gasteiger partial charge on any atom is -0.391 e. The molecular weight excluding hydrogens is 951 g/mol. The van der Waals surface area contributed by atoms with Crippen molar-refractivity contribution in [1.82, 2.24) is 53.2 Å². The van der Waals surface area contributed by atoms with Gasteiger partial charge in [0.2, 0.25) is 59.1 Å². The third-order valence-corrected chi connectivity index (χ3v) is 12.0. The number of aliphatic hydroxyl groups is 1. The van der Waals surface area contributed by atoms with E-state index in [9.17, 15) is 53.1 Å². The lowest BCUT2D eigenvalue weighted by atomic mass is 9.83. The molecule has 73 heavy (non-hydrogen) atoms. The van der Waals surface area contributed by atoms with Crippen molar-refractivity contribution in [2.75, 3.05) is 45.8 Å². The van der Waals surface area contributed by atoms with Gasteiger partial charge in [0.25, 0.3) is 0 Å². The summed E-state index contributed by atoms with van der Waals surface area (Å²) >= 11 is 0. The number of nitrogens with one attached hydrogen (secondary N) is 10. The second-order valence-corrected chi connectivity index (χ2v) is 19.4. The summed E-state index contributed by atoms with van der Waals surface area (Å²) in [5.74, 6) is -7.24. The van der Waals surface area contributed by atoms with E-state index < -0.39 is 121 Å². The molecule has 10 amide bonds. The van der Waals surface area contributed by atoms with Crippen molar-refractivity contribution in [2.45, 2.75) is 173 Å². The van der Waals surface area contributed by atoms with E-state index in [4.69, 9.17) is 28.7 Å². The van der Waals surface area contributed by atoms with Gasteiger partial charge in [0.1, 0.15) is 42.3 Å². The van der Waals surface area contributed by atoms with Gasteiger partial charge in [-0.15, -0.1) is 0 Å². The first kappa shape index (κ1) is 65.5. The van der Waals surface area contributed by atoms with Crippen molar-refractivity contribution < 1.29 is 53.1 Å². The quantitative estimate of drug-likeness (QED) is 0.0282. The molecule has 0 aliphatic heterocycles. The van der Waals surface area contributed by atoms with Crippen LogP contribution in [0.3, 0.4) is 0 Å². The van der Waals surface area contributed by atoms with Crippen LogP contribution in [0.15, 0.2) is 0 Å².